The van der Waals surface area contributed by atoms with Crippen molar-refractivity contribution < 1.29 is 0 Å². The monoisotopic (exact) mass is 187 g/mol. The van der Waals surface area contributed by atoms with E-state index in [1.807, 2.05) is 11.3 Å². The zero-order valence-electron chi connectivity index (χ0n) is 7.32. The van der Waals surface area contributed by atoms with Crippen LogP contribution in [0.15, 0.2) is 35.7 Å². The maximum atomic E-state index is 2.25. The van der Waals surface area contributed by atoms with E-state index in [0.29, 0.717) is 0 Å². The molecule has 2 heterocycles. The first kappa shape index (κ1) is 7.15. The van der Waals surface area contributed by atoms with Crippen molar-refractivity contribution in [3.8, 4) is 0 Å². The third kappa shape index (κ3) is 0.810. The highest BCUT2D eigenvalue weighted by Crippen LogP contribution is 2.31. The predicted molar refractivity (Wildman–Crippen MR) is 58.3 cm³/mol. The highest BCUT2D eigenvalue weighted by molar-refractivity contribution is 7.18. The maximum absolute atomic E-state index is 2.25. The SMILES string of the molecule is Cn1c2ccccc2c2sccc21. The van der Waals surface area contributed by atoms with E-state index < -0.39 is 0 Å². The number of benzene rings is 1. The highest BCUT2D eigenvalue weighted by atomic mass is 32.1. The molecule has 0 aliphatic rings. The summed E-state index contributed by atoms with van der Waals surface area (Å²) in [5.41, 5.74) is 2.66. The standard InChI is InChI=1S/C11H9NS/c1-12-9-5-3-2-4-8(9)11-10(12)6-7-13-11/h2-7H,1H3. The van der Waals surface area contributed by atoms with Crippen LogP contribution in [0.5, 0.6) is 0 Å². The summed E-state index contributed by atoms with van der Waals surface area (Å²) in [6.45, 7) is 0. The molecule has 0 spiro atoms. The second-order valence-corrected chi connectivity index (χ2v) is 4.13. The van der Waals surface area contributed by atoms with Gasteiger partial charge in [0.2, 0.25) is 0 Å². The van der Waals surface area contributed by atoms with Gasteiger partial charge in [0.1, 0.15) is 0 Å². The number of fused-ring (bicyclic) bond motifs is 3. The molecule has 1 nitrogen and oxygen atoms in total. The Kier molecular flexibility index (Phi) is 1.30. The molecule has 0 amide bonds. The zero-order valence-corrected chi connectivity index (χ0v) is 8.14. The summed E-state index contributed by atoms with van der Waals surface area (Å²) in [6, 6.07) is 10.7. The fraction of sp³-hybridized carbons (Fsp3) is 0.0909. The van der Waals surface area contributed by atoms with Crippen molar-refractivity contribution in [3.05, 3.63) is 35.7 Å². The normalized spacial score (nSPS) is 11.5. The van der Waals surface area contributed by atoms with Crippen LogP contribution in [-0.4, -0.2) is 4.57 Å². The van der Waals surface area contributed by atoms with Crippen LogP contribution in [0, 0.1) is 0 Å². The fourth-order valence-corrected chi connectivity index (χ4v) is 2.81. The molecule has 0 fully saturated rings. The Morgan fingerprint density at radius 1 is 1.08 bits per heavy atom. The topological polar surface area (TPSA) is 4.93 Å². The molecule has 0 saturated heterocycles. The van der Waals surface area contributed by atoms with E-state index in [9.17, 15) is 0 Å². The number of aromatic nitrogens is 1. The minimum Gasteiger partial charge on any atom is -0.343 e. The molecule has 0 saturated carbocycles. The Hall–Kier alpha value is -1.28. The lowest BCUT2D eigenvalue weighted by atomic mass is 10.2. The Morgan fingerprint density at radius 3 is 2.85 bits per heavy atom. The van der Waals surface area contributed by atoms with Gasteiger partial charge in [-0.15, -0.1) is 11.3 Å². The van der Waals surface area contributed by atoms with E-state index in [4.69, 9.17) is 0 Å². The van der Waals surface area contributed by atoms with Gasteiger partial charge in [0, 0.05) is 18.0 Å². The molecule has 2 aromatic heterocycles. The first-order valence-electron chi connectivity index (χ1n) is 4.28. The Bertz CT molecular complexity index is 574. The summed E-state index contributed by atoms with van der Waals surface area (Å²) in [6.07, 6.45) is 0. The molecule has 0 N–H and O–H groups in total. The van der Waals surface area contributed by atoms with Gasteiger partial charge in [0.15, 0.2) is 0 Å². The lowest BCUT2D eigenvalue weighted by molar-refractivity contribution is 1.02. The van der Waals surface area contributed by atoms with Crippen molar-refractivity contribution >= 4 is 32.5 Å². The number of hydrogen-bond acceptors (Lipinski definition) is 1. The lowest BCUT2D eigenvalue weighted by Gasteiger charge is -1.94. The van der Waals surface area contributed by atoms with Gasteiger partial charge in [0.05, 0.1) is 10.2 Å². The number of nitrogens with zero attached hydrogens (tertiary/aromatic N) is 1. The fourth-order valence-electron chi connectivity index (χ4n) is 1.86. The maximum Gasteiger partial charge on any atom is 0.0600 e. The minimum absolute atomic E-state index is 1.32. The molecule has 3 aromatic rings. The van der Waals surface area contributed by atoms with Gasteiger partial charge in [0.25, 0.3) is 0 Å². The zero-order chi connectivity index (χ0) is 8.84. The summed E-state index contributed by atoms with van der Waals surface area (Å²) < 4.78 is 3.65. The molecule has 0 atom stereocenters. The lowest BCUT2D eigenvalue weighted by Crippen LogP contribution is -1.83. The van der Waals surface area contributed by atoms with Gasteiger partial charge < -0.3 is 4.57 Å². The third-order valence-electron chi connectivity index (χ3n) is 2.52. The van der Waals surface area contributed by atoms with Crippen molar-refractivity contribution in [1.82, 2.24) is 4.57 Å². The van der Waals surface area contributed by atoms with Crippen LogP contribution in [0.25, 0.3) is 21.1 Å². The van der Waals surface area contributed by atoms with E-state index >= 15 is 0 Å². The number of hydrogen-bond donors (Lipinski definition) is 0. The van der Waals surface area contributed by atoms with Crippen LogP contribution in [0.1, 0.15) is 0 Å². The number of thiophene rings is 1. The van der Waals surface area contributed by atoms with Gasteiger partial charge in [-0.05, 0) is 17.5 Å². The van der Waals surface area contributed by atoms with Gasteiger partial charge in [-0.1, -0.05) is 18.2 Å². The van der Waals surface area contributed by atoms with Crippen LogP contribution in [0.2, 0.25) is 0 Å². The van der Waals surface area contributed by atoms with Crippen molar-refractivity contribution in [1.29, 1.82) is 0 Å². The van der Waals surface area contributed by atoms with Crippen LogP contribution in [-0.2, 0) is 7.05 Å². The molecule has 2 heteroatoms. The molecular formula is C11H9NS. The van der Waals surface area contributed by atoms with Crippen molar-refractivity contribution in [2.24, 2.45) is 7.05 Å². The Morgan fingerprint density at radius 2 is 1.92 bits per heavy atom. The molecule has 3 rings (SSSR count). The summed E-state index contributed by atoms with van der Waals surface area (Å²) in [7, 11) is 2.12. The average molecular weight is 187 g/mol. The first-order valence-corrected chi connectivity index (χ1v) is 5.16. The summed E-state index contributed by atoms with van der Waals surface area (Å²) >= 11 is 1.82. The Balaban J connectivity index is 2.72. The van der Waals surface area contributed by atoms with Gasteiger partial charge in [-0.2, -0.15) is 0 Å². The second kappa shape index (κ2) is 2.36. The number of para-hydroxylation sites is 1. The number of rotatable bonds is 0. The number of aryl methyl sites for hydroxylation is 1. The van der Waals surface area contributed by atoms with Gasteiger partial charge in [-0.3, -0.25) is 0 Å². The van der Waals surface area contributed by atoms with E-state index in [2.05, 4.69) is 47.3 Å². The van der Waals surface area contributed by atoms with E-state index in [0.717, 1.165) is 0 Å². The Labute approximate surface area is 80.2 Å². The summed E-state index contributed by atoms with van der Waals surface area (Å²) in [4.78, 5) is 0. The third-order valence-corrected chi connectivity index (χ3v) is 3.45. The largest absolute Gasteiger partial charge is 0.343 e. The molecule has 0 unspecified atom stereocenters. The van der Waals surface area contributed by atoms with Crippen LogP contribution in [0.3, 0.4) is 0 Å². The van der Waals surface area contributed by atoms with Crippen LogP contribution in [0.4, 0.5) is 0 Å². The van der Waals surface area contributed by atoms with Crippen molar-refractivity contribution in [3.63, 3.8) is 0 Å². The van der Waals surface area contributed by atoms with Gasteiger partial charge in [-0.25, -0.2) is 0 Å². The van der Waals surface area contributed by atoms with E-state index in [1.54, 1.807) is 0 Å². The highest BCUT2D eigenvalue weighted by Gasteiger charge is 2.06. The van der Waals surface area contributed by atoms with E-state index in [-0.39, 0.29) is 0 Å². The van der Waals surface area contributed by atoms with Crippen LogP contribution >= 0.6 is 11.3 Å². The summed E-state index contributed by atoms with van der Waals surface area (Å²) in [5.74, 6) is 0. The van der Waals surface area contributed by atoms with Crippen LogP contribution < -0.4 is 0 Å². The van der Waals surface area contributed by atoms with Gasteiger partial charge >= 0.3 is 0 Å². The molecule has 0 bridgehead atoms. The van der Waals surface area contributed by atoms with E-state index in [1.165, 1.54) is 21.1 Å². The van der Waals surface area contributed by atoms with Crippen molar-refractivity contribution in [2.75, 3.05) is 0 Å². The smallest absolute Gasteiger partial charge is 0.0600 e. The quantitative estimate of drug-likeness (QED) is 0.508. The predicted octanol–water partition coefficient (Wildman–Crippen LogP) is 3.39. The molecule has 13 heavy (non-hydrogen) atoms. The average Bonchev–Trinajstić information content (AvgIpc) is 2.72. The molecule has 0 aliphatic carbocycles. The molecule has 0 aliphatic heterocycles. The molecule has 1 aromatic carbocycles. The molecule has 0 radical (unpaired) electrons. The molecule has 64 valence electrons. The van der Waals surface area contributed by atoms with Crippen molar-refractivity contribution in [2.45, 2.75) is 0 Å². The second-order valence-electron chi connectivity index (χ2n) is 3.21. The minimum atomic E-state index is 1.32. The summed E-state index contributed by atoms with van der Waals surface area (Å²) in [5, 5.41) is 3.52. The molecular weight excluding hydrogens is 178 g/mol. The first-order chi connectivity index (χ1) is 6.38.